The van der Waals surface area contributed by atoms with Crippen molar-refractivity contribution < 1.29 is 13.2 Å². The average Bonchev–Trinajstić information content (AvgIpc) is 3.17. The Labute approximate surface area is 172 Å². The maximum atomic E-state index is 13.2. The molecule has 0 unspecified atom stereocenters. The van der Waals surface area contributed by atoms with Crippen LogP contribution >= 0.6 is 0 Å². The van der Waals surface area contributed by atoms with E-state index in [4.69, 9.17) is 4.74 Å². The van der Waals surface area contributed by atoms with Gasteiger partial charge in [0.2, 0.25) is 15.9 Å². The van der Waals surface area contributed by atoms with Crippen molar-refractivity contribution in [3.8, 4) is 5.88 Å². The topological polar surface area (TPSA) is 75.6 Å². The van der Waals surface area contributed by atoms with Gasteiger partial charge in [0.15, 0.2) is 0 Å². The summed E-state index contributed by atoms with van der Waals surface area (Å²) in [6.45, 7) is 4.90. The standard InChI is InChI=1S/C21H28N4O3S/c1-3-17-5-7-18(8-6-17)29(26,27)25-12-10-21(15-25)9-4-11-24(14-21)19-13-20(28-2)23-16-22-19/h5-8,13,16H,3-4,9-12,14-15H2,1-2H3/t21-/m1/s1. The van der Waals surface area contributed by atoms with E-state index in [0.717, 1.165) is 50.2 Å². The number of methoxy groups -OCH3 is 1. The van der Waals surface area contributed by atoms with Crippen LogP contribution in [0.15, 0.2) is 41.6 Å². The molecular formula is C21H28N4O3S. The minimum atomic E-state index is -3.46. The summed E-state index contributed by atoms with van der Waals surface area (Å²) in [5.41, 5.74) is 1.11. The molecule has 0 N–H and O–H groups in total. The third-order valence-corrected chi connectivity index (χ3v) is 8.05. The van der Waals surface area contributed by atoms with Gasteiger partial charge in [-0.05, 0) is 43.4 Å². The third-order valence-electron chi connectivity index (χ3n) is 6.19. The summed E-state index contributed by atoms with van der Waals surface area (Å²) in [5, 5.41) is 0. The molecule has 2 saturated heterocycles. The second-order valence-electron chi connectivity index (χ2n) is 8.03. The molecule has 2 aliphatic rings. The van der Waals surface area contributed by atoms with E-state index in [9.17, 15) is 8.42 Å². The molecule has 0 bridgehead atoms. The van der Waals surface area contributed by atoms with Gasteiger partial charge in [-0.15, -0.1) is 0 Å². The number of anilines is 1. The largest absolute Gasteiger partial charge is 0.481 e. The van der Waals surface area contributed by atoms with Crippen LogP contribution in [-0.4, -0.2) is 56.0 Å². The van der Waals surface area contributed by atoms with Gasteiger partial charge in [0.25, 0.3) is 0 Å². The highest BCUT2D eigenvalue weighted by atomic mass is 32.2. The second-order valence-corrected chi connectivity index (χ2v) is 9.97. The van der Waals surface area contributed by atoms with Crippen molar-refractivity contribution in [1.82, 2.24) is 14.3 Å². The van der Waals surface area contributed by atoms with E-state index in [1.807, 2.05) is 18.2 Å². The highest BCUT2D eigenvalue weighted by Crippen LogP contribution is 2.41. The fourth-order valence-corrected chi connectivity index (χ4v) is 6.05. The Kier molecular flexibility index (Phi) is 5.48. The SMILES string of the molecule is CCc1ccc(S(=O)(=O)N2CC[C@@]3(CCCN(c4cc(OC)ncn4)C3)C2)cc1. The quantitative estimate of drug-likeness (QED) is 0.746. The first-order chi connectivity index (χ1) is 14.0. The zero-order valence-electron chi connectivity index (χ0n) is 17.0. The van der Waals surface area contributed by atoms with Crippen LogP contribution in [0.2, 0.25) is 0 Å². The minimum Gasteiger partial charge on any atom is -0.481 e. The van der Waals surface area contributed by atoms with Crippen molar-refractivity contribution in [2.75, 3.05) is 38.2 Å². The van der Waals surface area contributed by atoms with Gasteiger partial charge in [0, 0.05) is 37.7 Å². The monoisotopic (exact) mass is 416 g/mol. The van der Waals surface area contributed by atoms with Crippen molar-refractivity contribution in [1.29, 1.82) is 0 Å². The Hall–Kier alpha value is -2.19. The number of aromatic nitrogens is 2. The normalized spacial score (nSPS) is 22.9. The maximum absolute atomic E-state index is 13.2. The summed E-state index contributed by atoms with van der Waals surface area (Å²) in [6.07, 6.45) is 5.34. The minimum absolute atomic E-state index is 0.0349. The molecule has 1 aromatic carbocycles. The number of sulfonamides is 1. The van der Waals surface area contributed by atoms with E-state index < -0.39 is 10.0 Å². The number of benzene rings is 1. The zero-order valence-corrected chi connectivity index (χ0v) is 17.9. The first-order valence-electron chi connectivity index (χ1n) is 10.2. The molecule has 8 heteroatoms. The molecule has 29 heavy (non-hydrogen) atoms. The zero-order chi connectivity index (χ0) is 20.5. The summed E-state index contributed by atoms with van der Waals surface area (Å²) < 4.78 is 33.2. The van der Waals surface area contributed by atoms with Crippen LogP contribution in [0.3, 0.4) is 0 Å². The van der Waals surface area contributed by atoms with E-state index in [1.165, 1.54) is 6.33 Å². The Morgan fingerprint density at radius 2 is 1.90 bits per heavy atom. The fourth-order valence-electron chi connectivity index (χ4n) is 4.50. The van der Waals surface area contributed by atoms with Gasteiger partial charge in [-0.25, -0.2) is 18.4 Å². The van der Waals surface area contributed by atoms with Crippen LogP contribution in [0.25, 0.3) is 0 Å². The Morgan fingerprint density at radius 1 is 1.10 bits per heavy atom. The molecular weight excluding hydrogens is 388 g/mol. The molecule has 4 rings (SSSR count). The van der Waals surface area contributed by atoms with Gasteiger partial charge in [-0.3, -0.25) is 0 Å². The number of hydrogen-bond donors (Lipinski definition) is 0. The van der Waals surface area contributed by atoms with Crippen molar-refractivity contribution in [3.05, 3.63) is 42.2 Å². The number of nitrogens with zero attached hydrogens (tertiary/aromatic N) is 4. The maximum Gasteiger partial charge on any atom is 0.243 e. The molecule has 0 amide bonds. The van der Waals surface area contributed by atoms with Crippen molar-refractivity contribution >= 4 is 15.8 Å². The number of ether oxygens (including phenoxy) is 1. The molecule has 3 heterocycles. The molecule has 0 saturated carbocycles. The fraction of sp³-hybridized carbons (Fsp3) is 0.524. The second kappa shape index (κ2) is 7.91. The molecule has 1 spiro atoms. The summed E-state index contributed by atoms with van der Waals surface area (Å²) >= 11 is 0. The molecule has 2 fully saturated rings. The van der Waals surface area contributed by atoms with Gasteiger partial charge in [0.05, 0.1) is 12.0 Å². The number of piperidine rings is 1. The van der Waals surface area contributed by atoms with E-state index in [2.05, 4.69) is 21.8 Å². The molecule has 2 aliphatic heterocycles. The van der Waals surface area contributed by atoms with Crippen LogP contribution in [-0.2, 0) is 16.4 Å². The highest BCUT2D eigenvalue weighted by Gasteiger charge is 2.45. The van der Waals surface area contributed by atoms with Crippen LogP contribution in [0.4, 0.5) is 5.82 Å². The molecule has 0 radical (unpaired) electrons. The summed E-state index contributed by atoms with van der Waals surface area (Å²) in [4.78, 5) is 11.1. The van der Waals surface area contributed by atoms with Crippen molar-refractivity contribution in [3.63, 3.8) is 0 Å². The number of aryl methyl sites for hydroxylation is 1. The third kappa shape index (κ3) is 3.96. The van der Waals surface area contributed by atoms with Crippen LogP contribution in [0.5, 0.6) is 5.88 Å². The lowest BCUT2D eigenvalue weighted by Gasteiger charge is -2.41. The van der Waals surface area contributed by atoms with Gasteiger partial charge >= 0.3 is 0 Å². The van der Waals surface area contributed by atoms with E-state index in [0.29, 0.717) is 23.9 Å². The molecule has 0 aliphatic carbocycles. The first kappa shape index (κ1) is 20.1. The Balaban J connectivity index is 1.51. The van der Waals surface area contributed by atoms with E-state index >= 15 is 0 Å². The molecule has 1 aromatic heterocycles. The summed E-state index contributed by atoms with van der Waals surface area (Å²) in [5.74, 6) is 1.38. The van der Waals surface area contributed by atoms with E-state index in [-0.39, 0.29) is 5.41 Å². The average molecular weight is 417 g/mol. The summed E-state index contributed by atoms with van der Waals surface area (Å²) in [6, 6.07) is 9.13. The van der Waals surface area contributed by atoms with E-state index in [1.54, 1.807) is 23.5 Å². The molecule has 2 aromatic rings. The van der Waals surface area contributed by atoms with Gasteiger partial charge < -0.3 is 9.64 Å². The van der Waals surface area contributed by atoms with Crippen LogP contribution in [0, 0.1) is 5.41 Å². The predicted molar refractivity (Wildman–Crippen MR) is 112 cm³/mol. The smallest absolute Gasteiger partial charge is 0.243 e. The van der Waals surface area contributed by atoms with Gasteiger partial charge in [0.1, 0.15) is 12.1 Å². The summed E-state index contributed by atoms with van der Waals surface area (Å²) in [7, 11) is -1.87. The highest BCUT2D eigenvalue weighted by molar-refractivity contribution is 7.89. The van der Waals surface area contributed by atoms with Crippen LogP contribution < -0.4 is 9.64 Å². The molecule has 1 atom stereocenters. The lowest BCUT2D eigenvalue weighted by Crippen LogP contribution is -2.45. The number of hydrogen-bond acceptors (Lipinski definition) is 6. The van der Waals surface area contributed by atoms with Crippen LogP contribution in [0.1, 0.15) is 31.7 Å². The van der Waals surface area contributed by atoms with Crippen molar-refractivity contribution in [2.45, 2.75) is 37.5 Å². The Morgan fingerprint density at radius 3 is 2.62 bits per heavy atom. The van der Waals surface area contributed by atoms with Gasteiger partial charge in [-0.1, -0.05) is 19.1 Å². The number of rotatable bonds is 5. The molecule has 156 valence electrons. The lowest BCUT2D eigenvalue weighted by atomic mass is 9.79. The van der Waals surface area contributed by atoms with Crippen molar-refractivity contribution in [2.24, 2.45) is 5.41 Å². The lowest BCUT2D eigenvalue weighted by molar-refractivity contribution is 0.246. The predicted octanol–water partition coefficient (Wildman–Crippen LogP) is 2.73. The Bertz CT molecular complexity index is 964. The molecule has 7 nitrogen and oxygen atoms in total. The van der Waals surface area contributed by atoms with Gasteiger partial charge in [-0.2, -0.15) is 4.31 Å². The first-order valence-corrected chi connectivity index (χ1v) is 11.6.